The fourth-order valence-electron chi connectivity index (χ4n) is 2.77. The Morgan fingerprint density at radius 2 is 1.94 bits per heavy atom. The molecule has 1 N–H and O–H groups in total. The molecule has 0 unspecified atom stereocenters. The van der Waals surface area contributed by atoms with E-state index in [1.54, 1.807) is 43.5 Å². The molecule has 31 heavy (non-hydrogen) atoms. The summed E-state index contributed by atoms with van der Waals surface area (Å²) in [6, 6.07) is 11.6. The minimum absolute atomic E-state index is 0.107. The highest BCUT2D eigenvalue weighted by Crippen LogP contribution is 2.35. The molecule has 0 spiro atoms. The Morgan fingerprint density at radius 1 is 1.19 bits per heavy atom. The Labute approximate surface area is 183 Å². The first-order chi connectivity index (χ1) is 14.9. The summed E-state index contributed by atoms with van der Waals surface area (Å²) in [6.07, 6.45) is -2.74. The van der Waals surface area contributed by atoms with Gasteiger partial charge in [-0.1, -0.05) is 16.8 Å². The zero-order valence-corrected chi connectivity index (χ0v) is 17.5. The molecule has 2 heterocycles. The van der Waals surface area contributed by atoms with Gasteiger partial charge in [0.25, 0.3) is 6.43 Å². The van der Waals surface area contributed by atoms with Crippen molar-refractivity contribution < 1.29 is 22.8 Å². The minimum atomic E-state index is -2.74. The molecule has 0 saturated heterocycles. The molecule has 0 aliphatic heterocycles. The lowest BCUT2D eigenvalue weighted by molar-refractivity contribution is 0.144. The van der Waals surface area contributed by atoms with Crippen LogP contribution in [-0.4, -0.2) is 22.2 Å². The standard InChI is InChI=1S/C20H14ClF2N3O4S/c1-28-11-4-2-10(3-5-11)19-24-16(17(22)23)15(31-19)9-29-12-6-7-13(14(21)8-12)18-25-20(27)30-26-18/h2-8,17H,9H2,1H3,(H,25,26,27). The maximum Gasteiger partial charge on any atom is 0.439 e. The Balaban J connectivity index is 1.54. The van der Waals surface area contributed by atoms with E-state index in [1.807, 2.05) is 0 Å². The first kappa shape index (κ1) is 21.0. The number of aromatic amines is 1. The molecule has 160 valence electrons. The number of nitrogens with one attached hydrogen (secondary N) is 1. The Hall–Kier alpha value is -3.24. The van der Waals surface area contributed by atoms with Crippen LogP contribution >= 0.6 is 22.9 Å². The third kappa shape index (κ3) is 4.59. The highest BCUT2D eigenvalue weighted by molar-refractivity contribution is 7.15. The van der Waals surface area contributed by atoms with Crippen LogP contribution in [0, 0.1) is 0 Å². The lowest BCUT2D eigenvalue weighted by Crippen LogP contribution is -1.98. The first-order valence-electron chi connectivity index (χ1n) is 8.85. The number of hydrogen-bond donors (Lipinski definition) is 1. The van der Waals surface area contributed by atoms with E-state index in [0.717, 1.165) is 11.3 Å². The largest absolute Gasteiger partial charge is 0.497 e. The van der Waals surface area contributed by atoms with Crippen LogP contribution in [0.3, 0.4) is 0 Å². The monoisotopic (exact) mass is 465 g/mol. The third-order valence-electron chi connectivity index (χ3n) is 4.28. The number of benzene rings is 2. The molecule has 2 aromatic heterocycles. The van der Waals surface area contributed by atoms with Crippen LogP contribution in [0.5, 0.6) is 11.5 Å². The predicted octanol–water partition coefficient (Wildman–Crippen LogP) is 5.33. The second-order valence-corrected chi connectivity index (χ2v) is 7.72. The molecule has 0 aliphatic rings. The van der Waals surface area contributed by atoms with Gasteiger partial charge < -0.3 is 9.47 Å². The molecule has 0 bridgehead atoms. The van der Waals surface area contributed by atoms with Crippen molar-refractivity contribution in [3.63, 3.8) is 0 Å². The van der Waals surface area contributed by atoms with Gasteiger partial charge in [-0.25, -0.2) is 18.6 Å². The highest BCUT2D eigenvalue weighted by atomic mass is 35.5. The molecule has 2 aromatic carbocycles. The molecule has 0 aliphatic carbocycles. The fraction of sp³-hybridized carbons (Fsp3) is 0.150. The molecule has 0 radical (unpaired) electrons. The normalized spacial score (nSPS) is 11.1. The summed E-state index contributed by atoms with van der Waals surface area (Å²) >= 11 is 7.35. The van der Waals surface area contributed by atoms with Crippen LogP contribution < -0.4 is 15.2 Å². The van der Waals surface area contributed by atoms with Crippen LogP contribution in [0.2, 0.25) is 5.02 Å². The Kier molecular flexibility index (Phi) is 6.01. The minimum Gasteiger partial charge on any atom is -0.497 e. The van der Waals surface area contributed by atoms with Crippen LogP contribution in [-0.2, 0) is 6.61 Å². The quantitative estimate of drug-likeness (QED) is 0.396. The third-order valence-corrected chi connectivity index (χ3v) is 5.68. The highest BCUT2D eigenvalue weighted by Gasteiger charge is 2.21. The maximum absolute atomic E-state index is 13.5. The number of nitrogens with zero attached hydrogens (tertiary/aromatic N) is 2. The average Bonchev–Trinajstić information content (AvgIpc) is 3.39. The molecule has 4 rings (SSSR count). The number of rotatable bonds is 7. The number of hydrogen-bond acceptors (Lipinski definition) is 7. The van der Waals surface area contributed by atoms with E-state index in [0.29, 0.717) is 32.5 Å². The van der Waals surface area contributed by atoms with Gasteiger partial charge >= 0.3 is 5.76 Å². The number of ether oxygens (including phenoxy) is 2. The topological polar surface area (TPSA) is 90.2 Å². The van der Waals surface area contributed by atoms with Gasteiger partial charge in [-0.15, -0.1) is 11.3 Å². The van der Waals surface area contributed by atoms with Crippen molar-refractivity contribution in [2.45, 2.75) is 13.0 Å². The lowest BCUT2D eigenvalue weighted by Gasteiger charge is -2.08. The number of H-pyrrole nitrogens is 1. The summed E-state index contributed by atoms with van der Waals surface area (Å²) in [4.78, 5) is 17.9. The lowest BCUT2D eigenvalue weighted by atomic mass is 10.2. The van der Waals surface area contributed by atoms with Crippen molar-refractivity contribution in [3.05, 3.63) is 68.6 Å². The second-order valence-electron chi connectivity index (χ2n) is 6.23. The smallest absolute Gasteiger partial charge is 0.439 e. The SMILES string of the molecule is COc1ccc(-c2nc(C(F)F)c(COc3ccc(-c4noc(=O)[nH]4)c(Cl)c3)s2)cc1. The van der Waals surface area contributed by atoms with Gasteiger partial charge in [0, 0.05) is 11.1 Å². The Morgan fingerprint density at radius 3 is 2.55 bits per heavy atom. The Bertz CT molecular complexity index is 1250. The van der Waals surface area contributed by atoms with Gasteiger partial charge in [-0.2, -0.15) is 0 Å². The summed E-state index contributed by atoms with van der Waals surface area (Å²) in [7, 11) is 1.55. The summed E-state index contributed by atoms with van der Waals surface area (Å²) in [5.74, 6) is 0.490. The second kappa shape index (κ2) is 8.86. The zero-order chi connectivity index (χ0) is 22.0. The molecular weight excluding hydrogens is 452 g/mol. The fourth-order valence-corrected chi connectivity index (χ4v) is 4.02. The summed E-state index contributed by atoms with van der Waals surface area (Å²) < 4.78 is 42.3. The van der Waals surface area contributed by atoms with E-state index in [-0.39, 0.29) is 23.1 Å². The summed E-state index contributed by atoms with van der Waals surface area (Å²) in [5, 5.41) is 4.29. The van der Waals surface area contributed by atoms with Gasteiger partial charge in [0.1, 0.15) is 28.8 Å². The van der Waals surface area contributed by atoms with Crippen molar-refractivity contribution in [1.82, 2.24) is 15.1 Å². The molecule has 0 atom stereocenters. The van der Waals surface area contributed by atoms with Gasteiger partial charge in [-0.05, 0) is 42.5 Å². The van der Waals surface area contributed by atoms with E-state index in [4.69, 9.17) is 21.1 Å². The van der Waals surface area contributed by atoms with Crippen molar-refractivity contribution in [3.8, 4) is 33.5 Å². The van der Waals surface area contributed by atoms with E-state index < -0.39 is 12.2 Å². The molecular formula is C20H14ClF2N3O4S. The van der Waals surface area contributed by atoms with Crippen molar-refractivity contribution >= 4 is 22.9 Å². The van der Waals surface area contributed by atoms with E-state index in [9.17, 15) is 13.6 Å². The van der Waals surface area contributed by atoms with Gasteiger partial charge in [0.2, 0.25) is 0 Å². The molecule has 0 fully saturated rings. The van der Waals surface area contributed by atoms with Gasteiger partial charge in [0.15, 0.2) is 5.82 Å². The average molecular weight is 466 g/mol. The number of aromatic nitrogens is 3. The van der Waals surface area contributed by atoms with Crippen LogP contribution in [0.15, 0.2) is 51.8 Å². The molecule has 0 amide bonds. The van der Waals surface area contributed by atoms with Crippen molar-refractivity contribution in [2.24, 2.45) is 0 Å². The van der Waals surface area contributed by atoms with Crippen LogP contribution in [0.1, 0.15) is 17.0 Å². The maximum atomic E-state index is 13.5. The summed E-state index contributed by atoms with van der Waals surface area (Å²) in [5.41, 5.74) is 0.819. The summed E-state index contributed by atoms with van der Waals surface area (Å²) in [6.45, 7) is -0.107. The molecule has 7 nitrogen and oxygen atoms in total. The molecule has 4 aromatic rings. The number of thiazole rings is 1. The first-order valence-corrected chi connectivity index (χ1v) is 10.0. The van der Waals surface area contributed by atoms with Crippen molar-refractivity contribution in [1.29, 1.82) is 0 Å². The van der Waals surface area contributed by atoms with Gasteiger partial charge in [-0.3, -0.25) is 9.51 Å². The number of halogens is 3. The molecule has 11 heteroatoms. The van der Waals surface area contributed by atoms with Crippen molar-refractivity contribution in [2.75, 3.05) is 7.11 Å². The number of alkyl halides is 2. The van der Waals surface area contributed by atoms with E-state index in [1.165, 1.54) is 6.07 Å². The zero-order valence-electron chi connectivity index (χ0n) is 15.9. The van der Waals surface area contributed by atoms with Crippen LogP contribution in [0.4, 0.5) is 8.78 Å². The molecule has 0 saturated carbocycles. The van der Waals surface area contributed by atoms with Gasteiger partial charge in [0.05, 0.1) is 17.0 Å². The number of methoxy groups -OCH3 is 1. The van der Waals surface area contributed by atoms with E-state index >= 15 is 0 Å². The van der Waals surface area contributed by atoms with Crippen LogP contribution in [0.25, 0.3) is 22.0 Å². The van der Waals surface area contributed by atoms with E-state index in [2.05, 4.69) is 19.6 Å². The predicted molar refractivity (Wildman–Crippen MR) is 111 cm³/mol.